The van der Waals surface area contributed by atoms with Crippen LogP contribution in [0.4, 0.5) is 0 Å². The molecule has 0 aromatic rings. The zero-order chi connectivity index (χ0) is 9.40. The van der Waals surface area contributed by atoms with Gasteiger partial charge >= 0.3 is 0 Å². The lowest BCUT2D eigenvalue weighted by atomic mass is 10.1. The fraction of sp³-hybridized carbons (Fsp3) is 0.400. The van der Waals surface area contributed by atoms with Crippen molar-refractivity contribution in [1.82, 2.24) is 0 Å². The topological polar surface area (TPSA) is 24.7 Å². The van der Waals surface area contributed by atoms with E-state index in [0.29, 0.717) is 11.6 Å². The molecule has 0 aliphatic rings. The van der Waals surface area contributed by atoms with E-state index in [9.17, 15) is 0 Å². The molecule has 1 atom stereocenters. The summed E-state index contributed by atoms with van der Waals surface area (Å²) in [5, 5.41) is 7.39. The lowest BCUT2D eigenvalue weighted by Crippen LogP contribution is -1.81. The minimum atomic E-state index is 0.429. The molecular formula is C10H16N2. The molecule has 0 saturated heterocycles. The van der Waals surface area contributed by atoms with E-state index < -0.39 is 0 Å². The summed E-state index contributed by atoms with van der Waals surface area (Å²) in [6, 6.07) is 0. The number of azo groups is 1. The molecule has 2 nitrogen and oxygen atoms in total. The molecule has 0 aliphatic carbocycles. The van der Waals surface area contributed by atoms with E-state index in [1.165, 1.54) is 0 Å². The number of hydrogen-bond donors (Lipinski definition) is 0. The van der Waals surface area contributed by atoms with E-state index >= 15 is 0 Å². The smallest absolute Gasteiger partial charge is 0.0777 e. The predicted molar refractivity (Wildman–Crippen MR) is 53.0 cm³/mol. The molecule has 66 valence electrons. The Morgan fingerprint density at radius 1 is 1.42 bits per heavy atom. The van der Waals surface area contributed by atoms with Crippen molar-refractivity contribution < 1.29 is 0 Å². The monoisotopic (exact) mass is 164 g/mol. The zero-order valence-corrected chi connectivity index (χ0v) is 7.99. The van der Waals surface area contributed by atoms with Gasteiger partial charge in [0, 0.05) is 7.05 Å². The Kier molecular flexibility index (Phi) is 5.88. The average Bonchev–Trinajstić information content (AvgIpc) is 2.02. The van der Waals surface area contributed by atoms with E-state index in [0.717, 1.165) is 0 Å². The first kappa shape index (κ1) is 10.8. The third-order valence-electron chi connectivity index (χ3n) is 1.32. The van der Waals surface area contributed by atoms with Gasteiger partial charge < -0.3 is 0 Å². The van der Waals surface area contributed by atoms with Crippen molar-refractivity contribution in [2.45, 2.75) is 13.8 Å². The van der Waals surface area contributed by atoms with Crippen molar-refractivity contribution in [3.05, 3.63) is 36.6 Å². The minimum Gasteiger partial charge on any atom is -0.192 e. The van der Waals surface area contributed by atoms with E-state index in [-0.39, 0.29) is 0 Å². The van der Waals surface area contributed by atoms with Crippen molar-refractivity contribution in [2.75, 3.05) is 7.05 Å². The summed E-state index contributed by atoms with van der Waals surface area (Å²) in [6.45, 7) is 7.81. The number of rotatable bonds is 4. The van der Waals surface area contributed by atoms with Gasteiger partial charge in [-0.1, -0.05) is 31.7 Å². The molecule has 0 bridgehead atoms. The van der Waals surface area contributed by atoms with Crippen LogP contribution in [0.15, 0.2) is 46.8 Å². The van der Waals surface area contributed by atoms with Crippen LogP contribution in [-0.4, -0.2) is 7.05 Å². The second kappa shape index (κ2) is 6.53. The van der Waals surface area contributed by atoms with Gasteiger partial charge in [-0.15, -0.1) is 0 Å². The van der Waals surface area contributed by atoms with Crippen molar-refractivity contribution >= 4 is 0 Å². The highest BCUT2D eigenvalue weighted by Crippen LogP contribution is 2.03. The van der Waals surface area contributed by atoms with Crippen LogP contribution in [-0.2, 0) is 0 Å². The van der Waals surface area contributed by atoms with Crippen LogP contribution in [0.1, 0.15) is 13.8 Å². The Morgan fingerprint density at radius 2 is 2.08 bits per heavy atom. The Morgan fingerprint density at radius 3 is 2.58 bits per heavy atom. The molecule has 0 aromatic heterocycles. The van der Waals surface area contributed by atoms with Crippen molar-refractivity contribution in [3.8, 4) is 0 Å². The molecule has 0 rings (SSSR count). The summed E-state index contributed by atoms with van der Waals surface area (Å²) in [5.74, 6) is 0.429. The van der Waals surface area contributed by atoms with E-state index in [1.54, 1.807) is 7.05 Å². The van der Waals surface area contributed by atoms with Crippen LogP contribution in [0, 0.1) is 5.92 Å². The van der Waals surface area contributed by atoms with Gasteiger partial charge in [-0.3, -0.25) is 0 Å². The Hall–Kier alpha value is -1.18. The van der Waals surface area contributed by atoms with E-state index in [2.05, 4.69) is 29.8 Å². The average molecular weight is 164 g/mol. The summed E-state index contributed by atoms with van der Waals surface area (Å²) in [7, 11) is 1.63. The predicted octanol–water partition coefficient (Wildman–Crippen LogP) is 3.35. The first-order chi connectivity index (χ1) is 5.70. The van der Waals surface area contributed by atoms with E-state index in [4.69, 9.17) is 0 Å². The number of allylic oxidation sites excluding steroid dienone is 4. The minimum absolute atomic E-state index is 0.429. The van der Waals surface area contributed by atoms with Crippen LogP contribution in [0.3, 0.4) is 0 Å². The van der Waals surface area contributed by atoms with Crippen LogP contribution in [0.25, 0.3) is 0 Å². The van der Waals surface area contributed by atoms with Crippen molar-refractivity contribution in [2.24, 2.45) is 16.1 Å². The molecule has 0 aromatic carbocycles. The molecule has 1 unspecified atom stereocenters. The van der Waals surface area contributed by atoms with Crippen molar-refractivity contribution in [1.29, 1.82) is 0 Å². The molecular weight excluding hydrogens is 148 g/mol. The SMILES string of the molecule is C=C(/C=C\C(C)/C=C\C)N=NC. The molecule has 2 heteroatoms. The molecule has 12 heavy (non-hydrogen) atoms. The highest BCUT2D eigenvalue weighted by molar-refractivity contribution is 5.14. The van der Waals surface area contributed by atoms with Gasteiger partial charge in [-0.05, 0) is 18.9 Å². The van der Waals surface area contributed by atoms with Crippen molar-refractivity contribution in [3.63, 3.8) is 0 Å². The lowest BCUT2D eigenvalue weighted by Gasteiger charge is -1.95. The van der Waals surface area contributed by atoms with Gasteiger partial charge in [-0.25, -0.2) is 0 Å². The molecule has 0 N–H and O–H groups in total. The fourth-order valence-electron chi connectivity index (χ4n) is 0.792. The lowest BCUT2D eigenvalue weighted by molar-refractivity contribution is 0.933. The first-order valence-electron chi connectivity index (χ1n) is 4.00. The Labute approximate surface area is 74.4 Å². The maximum Gasteiger partial charge on any atom is 0.0777 e. The third-order valence-corrected chi connectivity index (χ3v) is 1.32. The maximum absolute atomic E-state index is 3.78. The van der Waals surface area contributed by atoms with Crippen LogP contribution in [0.2, 0.25) is 0 Å². The van der Waals surface area contributed by atoms with E-state index in [1.807, 2.05) is 25.2 Å². The van der Waals surface area contributed by atoms with Gasteiger partial charge in [0.05, 0.1) is 5.70 Å². The number of hydrogen-bond acceptors (Lipinski definition) is 2. The molecule has 0 saturated carbocycles. The first-order valence-corrected chi connectivity index (χ1v) is 4.00. The maximum atomic E-state index is 3.78. The fourth-order valence-corrected chi connectivity index (χ4v) is 0.792. The second-order valence-electron chi connectivity index (χ2n) is 2.54. The molecule has 0 fully saturated rings. The summed E-state index contributed by atoms with van der Waals surface area (Å²) >= 11 is 0. The van der Waals surface area contributed by atoms with Gasteiger partial charge in [0.2, 0.25) is 0 Å². The van der Waals surface area contributed by atoms with Crippen LogP contribution >= 0.6 is 0 Å². The molecule has 0 heterocycles. The van der Waals surface area contributed by atoms with Gasteiger partial charge in [0.25, 0.3) is 0 Å². The summed E-state index contributed by atoms with van der Waals surface area (Å²) in [6.07, 6.45) is 8.04. The zero-order valence-electron chi connectivity index (χ0n) is 7.99. The van der Waals surface area contributed by atoms with Crippen LogP contribution in [0.5, 0.6) is 0 Å². The highest BCUT2D eigenvalue weighted by atomic mass is 15.1. The normalized spacial score (nSPS) is 14.9. The molecule has 0 amide bonds. The quantitative estimate of drug-likeness (QED) is 0.346. The standard InChI is InChI=1S/C10H16N2/c1-5-6-9(2)7-8-10(3)12-11-4/h5-9H,3H2,1-2,4H3/b6-5-,8-7-,12-11?. The Bertz CT molecular complexity index is 212. The summed E-state index contributed by atoms with van der Waals surface area (Å²) in [5.41, 5.74) is 0.689. The van der Waals surface area contributed by atoms with Gasteiger partial charge in [0.15, 0.2) is 0 Å². The second-order valence-corrected chi connectivity index (χ2v) is 2.54. The molecule has 0 aliphatic heterocycles. The van der Waals surface area contributed by atoms with Crippen LogP contribution < -0.4 is 0 Å². The molecule has 0 radical (unpaired) electrons. The summed E-state index contributed by atoms with van der Waals surface area (Å²) in [4.78, 5) is 0. The molecule has 0 spiro atoms. The third kappa shape index (κ3) is 5.59. The van der Waals surface area contributed by atoms with Gasteiger partial charge in [0.1, 0.15) is 0 Å². The largest absolute Gasteiger partial charge is 0.192 e. The Balaban J connectivity index is 3.97. The highest BCUT2D eigenvalue weighted by Gasteiger charge is 1.88. The van der Waals surface area contributed by atoms with Gasteiger partial charge in [-0.2, -0.15) is 10.2 Å². The summed E-state index contributed by atoms with van der Waals surface area (Å²) < 4.78 is 0. The number of nitrogens with zero attached hydrogens (tertiary/aromatic N) is 2.